The van der Waals surface area contributed by atoms with Crippen LogP contribution in [0.25, 0.3) is 0 Å². The Labute approximate surface area is 120 Å². The molecule has 3 heteroatoms. The van der Waals surface area contributed by atoms with Crippen LogP contribution in [-0.4, -0.2) is 18.5 Å². The summed E-state index contributed by atoms with van der Waals surface area (Å²) < 4.78 is 0. The molecule has 3 unspecified atom stereocenters. The average Bonchev–Trinajstić information content (AvgIpc) is 2.79. The van der Waals surface area contributed by atoms with Crippen LogP contribution >= 0.6 is 0 Å². The molecule has 0 bridgehead atoms. The van der Waals surface area contributed by atoms with Gasteiger partial charge in [0.25, 0.3) is 0 Å². The number of rotatable bonds is 5. The number of likely N-dealkylation sites (N-methyl/N-ethyl adjacent to an activating group) is 1. The summed E-state index contributed by atoms with van der Waals surface area (Å²) >= 11 is 0. The van der Waals surface area contributed by atoms with Crippen molar-refractivity contribution in [2.75, 3.05) is 11.9 Å². The highest BCUT2D eigenvalue weighted by atomic mass is 16.1. The molecule has 2 aliphatic carbocycles. The number of fused-ring (bicyclic) bond motifs is 1. The maximum atomic E-state index is 11.5. The monoisotopic (exact) mass is 270 g/mol. The van der Waals surface area contributed by atoms with Crippen LogP contribution in [0.5, 0.6) is 0 Å². The second-order valence-corrected chi connectivity index (χ2v) is 5.82. The molecular weight excluding hydrogens is 248 g/mol. The quantitative estimate of drug-likeness (QED) is 0.808. The zero-order chi connectivity index (χ0) is 13.9. The topological polar surface area (TPSA) is 41.1 Å². The van der Waals surface area contributed by atoms with Gasteiger partial charge in [-0.05, 0) is 43.4 Å². The minimum atomic E-state index is 0.0890. The Hall–Kier alpha value is -1.77. The van der Waals surface area contributed by atoms with Gasteiger partial charge in [0.2, 0.25) is 5.91 Å². The van der Waals surface area contributed by atoms with Gasteiger partial charge in [-0.3, -0.25) is 4.79 Å². The van der Waals surface area contributed by atoms with E-state index in [1.54, 1.807) is 0 Å². The Morgan fingerprint density at radius 3 is 2.80 bits per heavy atom. The second kappa shape index (κ2) is 5.70. The molecule has 106 valence electrons. The molecule has 0 aromatic heterocycles. The highest BCUT2D eigenvalue weighted by molar-refractivity contribution is 5.78. The lowest BCUT2D eigenvalue weighted by Crippen LogP contribution is -2.43. The highest BCUT2D eigenvalue weighted by Gasteiger charge is 2.40. The van der Waals surface area contributed by atoms with E-state index in [-0.39, 0.29) is 5.91 Å². The Balaban J connectivity index is 1.54. The fourth-order valence-electron chi connectivity index (χ4n) is 3.26. The molecule has 0 saturated heterocycles. The van der Waals surface area contributed by atoms with Gasteiger partial charge >= 0.3 is 0 Å². The summed E-state index contributed by atoms with van der Waals surface area (Å²) in [5.74, 6) is 1.70. The van der Waals surface area contributed by atoms with Crippen LogP contribution in [-0.2, 0) is 11.2 Å². The molecule has 1 fully saturated rings. The van der Waals surface area contributed by atoms with E-state index >= 15 is 0 Å². The van der Waals surface area contributed by atoms with Gasteiger partial charge in [-0.25, -0.2) is 0 Å². The summed E-state index contributed by atoms with van der Waals surface area (Å²) in [5.41, 5.74) is 2.22. The van der Waals surface area contributed by atoms with Gasteiger partial charge < -0.3 is 10.6 Å². The van der Waals surface area contributed by atoms with Gasteiger partial charge in [0.05, 0.1) is 6.42 Å². The normalized spacial score (nSPS) is 26.8. The predicted molar refractivity (Wildman–Crippen MR) is 81.6 cm³/mol. The number of carbonyl (C=O) groups excluding carboxylic acids is 1. The van der Waals surface area contributed by atoms with Gasteiger partial charge in [0, 0.05) is 24.2 Å². The van der Waals surface area contributed by atoms with Crippen molar-refractivity contribution >= 4 is 11.6 Å². The predicted octanol–water partition coefficient (Wildman–Crippen LogP) is 2.74. The van der Waals surface area contributed by atoms with E-state index in [4.69, 9.17) is 0 Å². The first-order valence-electron chi connectivity index (χ1n) is 7.55. The maximum absolute atomic E-state index is 11.5. The van der Waals surface area contributed by atoms with E-state index in [0.717, 1.165) is 23.1 Å². The summed E-state index contributed by atoms with van der Waals surface area (Å²) in [7, 11) is 0. The number of nitrogens with one attached hydrogen (secondary N) is 2. The number of anilines is 1. The van der Waals surface area contributed by atoms with Crippen molar-refractivity contribution in [3.8, 4) is 0 Å². The largest absolute Gasteiger partial charge is 0.382 e. The Morgan fingerprint density at radius 1 is 1.30 bits per heavy atom. The molecule has 2 aliphatic rings. The Kier molecular flexibility index (Phi) is 3.77. The van der Waals surface area contributed by atoms with Crippen molar-refractivity contribution in [2.24, 2.45) is 11.8 Å². The summed E-state index contributed by atoms with van der Waals surface area (Å²) in [4.78, 5) is 11.5. The molecule has 1 saturated carbocycles. The van der Waals surface area contributed by atoms with Crippen molar-refractivity contribution < 1.29 is 4.79 Å². The zero-order valence-electron chi connectivity index (χ0n) is 11.9. The van der Waals surface area contributed by atoms with Gasteiger partial charge in [0.1, 0.15) is 0 Å². The van der Waals surface area contributed by atoms with Gasteiger partial charge in [-0.2, -0.15) is 0 Å². The van der Waals surface area contributed by atoms with E-state index in [2.05, 4.69) is 34.9 Å². The molecule has 1 amide bonds. The number of benzene rings is 1. The molecule has 3 atom stereocenters. The van der Waals surface area contributed by atoms with Crippen LogP contribution in [0.2, 0.25) is 0 Å². The fourth-order valence-corrected chi connectivity index (χ4v) is 3.26. The summed E-state index contributed by atoms with van der Waals surface area (Å²) in [6.45, 7) is 2.63. The first kappa shape index (κ1) is 13.2. The summed E-state index contributed by atoms with van der Waals surface area (Å²) in [5, 5.41) is 6.43. The minimum Gasteiger partial charge on any atom is -0.382 e. The molecule has 0 aliphatic heterocycles. The summed E-state index contributed by atoms with van der Waals surface area (Å²) in [6.07, 6.45) is 7.67. The molecule has 3 rings (SSSR count). The Bertz CT molecular complexity index is 506. The third-order valence-electron chi connectivity index (χ3n) is 4.41. The molecule has 2 N–H and O–H groups in total. The van der Waals surface area contributed by atoms with Crippen molar-refractivity contribution in [3.63, 3.8) is 0 Å². The molecule has 0 radical (unpaired) electrons. The molecule has 0 spiro atoms. The molecule has 3 nitrogen and oxygen atoms in total. The number of allylic oxidation sites excluding steroid dienone is 1. The lowest BCUT2D eigenvalue weighted by atomic mass is 9.71. The van der Waals surface area contributed by atoms with E-state index in [9.17, 15) is 4.79 Å². The van der Waals surface area contributed by atoms with Crippen LogP contribution in [0, 0.1) is 11.8 Å². The van der Waals surface area contributed by atoms with Gasteiger partial charge in [-0.1, -0.05) is 24.3 Å². The molecule has 20 heavy (non-hydrogen) atoms. The van der Waals surface area contributed by atoms with E-state index < -0.39 is 0 Å². The van der Waals surface area contributed by atoms with Gasteiger partial charge in [0.15, 0.2) is 0 Å². The Morgan fingerprint density at radius 2 is 2.10 bits per heavy atom. The highest BCUT2D eigenvalue weighted by Crippen LogP contribution is 2.43. The van der Waals surface area contributed by atoms with E-state index in [0.29, 0.717) is 19.0 Å². The fraction of sp³-hybridized carbons (Fsp3) is 0.471. The van der Waals surface area contributed by atoms with Crippen molar-refractivity contribution in [1.82, 2.24) is 5.32 Å². The zero-order valence-corrected chi connectivity index (χ0v) is 11.9. The smallest absolute Gasteiger partial charge is 0.224 e. The van der Waals surface area contributed by atoms with E-state index in [1.807, 2.05) is 19.1 Å². The average molecular weight is 270 g/mol. The number of carbonyl (C=O) groups is 1. The van der Waals surface area contributed by atoms with Crippen LogP contribution < -0.4 is 10.6 Å². The standard InChI is InChI=1S/C17H22N2O/c1-2-18-17(20)10-12-6-8-14(9-7-12)19-16-11-13-4-3-5-15(13)16/h3,5-9,13,15-16,19H,2,4,10-11H2,1H3,(H,18,20). The third kappa shape index (κ3) is 2.72. The lowest BCUT2D eigenvalue weighted by Gasteiger charge is -2.41. The molecule has 1 aromatic carbocycles. The van der Waals surface area contributed by atoms with E-state index in [1.165, 1.54) is 12.8 Å². The SMILES string of the molecule is CCNC(=O)Cc1ccc(NC2CC3CC=CC32)cc1. The number of hydrogen-bond acceptors (Lipinski definition) is 2. The van der Waals surface area contributed by atoms with Crippen molar-refractivity contribution in [3.05, 3.63) is 42.0 Å². The first-order valence-corrected chi connectivity index (χ1v) is 7.55. The van der Waals surface area contributed by atoms with Crippen LogP contribution in [0.3, 0.4) is 0 Å². The molecular formula is C17H22N2O. The number of hydrogen-bond donors (Lipinski definition) is 2. The molecule has 1 aromatic rings. The third-order valence-corrected chi connectivity index (χ3v) is 4.41. The summed E-state index contributed by atoms with van der Waals surface area (Å²) in [6, 6.07) is 8.84. The van der Waals surface area contributed by atoms with Crippen LogP contribution in [0.15, 0.2) is 36.4 Å². The van der Waals surface area contributed by atoms with Crippen molar-refractivity contribution in [2.45, 2.75) is 32.2 Å². The van der Waals surface area contributed by atoms with Crippen LogP contribution in [0.4, 0.5) is 5.69 Å². The number of amides is 1. The molecule has 0 heterocycles. The second-order valence-electron chi connectivity index (χ2n) is 5.82. The lowest BCUT2D eigenvalue weighted by molar-refractivity contribution is -0.120. The van der Waals surface area contributed by atoms with Crippen LogP contribution in [0.1, 0.15) is 25.3 Å². The first-order chi connectivity index (χ1) is 9.76. The minimum absolute atomic E-state index is 0.0890. The van der Waals surface area contributed by atoms with Gasteiger partial charge in [-0.15, -0.1) is 0 Å². The maximum Gasteiger partial charge on any atom is 0.224 e. The van der Waals surface area contributed by atoms with Crippen molar-refractivity contribution in [1.29, 1.82) is 0 Å².